The summed E-state index contributed by atoms with van der Waals surface area (Å²) in [7, 11) is 0. The van der Waals surface area contributed by atoms with Crippen molar-refractivity contribution in [3.8, 4) is 0 Å². The third-order valence-corrected chi connectivity index (χ3v) is 6.54. The molecule has 1 aliphatic rings. The lowest BCUT2D eigenvalue weighted by molar-refractivity contribution is 0.669. The van der Waals surface area contributed by atoms with Gasteiger partial charge in [-0.25, -0.2) is 0 Å². The van der Waals surface area contributed by atoms with E-state index in [4.69, 9.17) is 4.42 Å². The van der Waals surface area contributed by atoms with E-state index in [1.165, 1.54) is 58.0 Å². The molecule has 0 atom stereocenters. The molecule has 0 amide bonds. The maximum absolute atomic E-state index is 5.65. The largest absolute Gasteiger partial charge is 0.456 e. The van der Waals surface area contributed by atoms with Gasteiger partial charge in [-0.2, -0.15) is 0 Å². The Morgan fingerprint density at radius 1 is 0.452 bits per heavy atom. The molecule has 1 heteroatoms. The molecule has 1 heterocycles. The first-order valence-electron chi connectivity index (χ1n) is 11.2. The highest BCUT2D eigenvalue weighted by molar-refractivity contribution is 6.08. The zero-order chi connectivity index (χ0) is 20.6. The minimum Gasteiger partial charge on any atom is -0.456 e. The molecule has 0 aliphatic heterocycles. The van der Waals surface area contributed by atoms with Crippen LogP contribution in [0.4, 0.5) is 0 Å². The van der Waals surface area contributed by atoms with E-state index in [-0.39, 0.29) is 0 Å². The lowest BCUT2D eigenvalue weighted by atomic mass is 9.86. The van der Waals surface area contributed by atoms with Gasteiger partial charge in [0.1, 0.15) is 11.2 Å². The van der Waals surface area contributed by atoms with E-state index < -0.39 is 0 Å². The first kappa shape index (κ1) is 18.2. The lowest BCUT2D eigenvalue weighted by Crippen LogP contribution is -2.02. The molecule has 5 aromatic carbocycles. The fraction of sp³-hybridized carbons (Fsp3) is 0.133. The topological polar surface area (TPSA) is 13.1 Å². The summed E-state index contributed by atoms with van der Waals surface area (Å²) < 4.78 is 5.65. The molecule has 1 aliphatic carbocycles. The van der Waals surface area contributed by atoms with Gasteiger partial charge >= 0.3 is 0 Å². The highest BCUT2D eigenvalue weighted by Gasteiger charge is 2.13. The predicted molar refractivity (Wildman–Crippen MR) is 132 cm³/mol. The van der Waals surface area contributed by atoms with Gasteiger partial charge in [0, 0.05) is 10.8 Å². The van der Waals surface area contributed by atoms with Gasteiger partial charge in [-0.15, -0.1) is 0 Å². The summed E-state index contributed by atoms with van der Waals surface area (Å²) in [5, 5.41) is 8.03. The maximum Gasteiger partial charge on any atom is 0.135 e. The first-order valence-corrected chi connectivity index (χ1v) is 11.2. The van der Waals surface area contributed by atoms with Crippen molar-refractivity contribution in [2.75, 3.05) is 0 Å². The number of hydrogen-bond acceptors (Lipinski definition) is 1. The molecule has 0 saturated carbocycles. The van der Waals surface area contributed by atoms with Crippen molar-refractivity contribution in [1.29, 1.82) is 0 Å². The molecule has 0 saturated heterocycles. The summed E-state index contributed by atoms with van der Waals surface area (Å²) in [6, 6.07) is 34.2. The molecule has 1 aromatic heterocycles. The Bertz CT molecular complexity index is 1490. The van der Waals surface area contributed by atoms with Gasteiger partial charge in [-0.3, -0.25) is 0 Å². The average Bonchev–Trinajstić information content (AvgIpc) is 3.23. The lowest BCUT2D eigenvalue weighted by Gasteiger charge is -2.18. The zero-order valence-corrected chi connectivity index (χ0v) is 17.5. The van der Waals surface area contributed by atoms with E-state index in [1.807, 2.05) is 36.4 Å². The minimum atomic E-state index is 0.962. The van der Waals surface area contributed by atoms with E-state index in [2.05, 4.69) is 60.7 Å². The summed E-state index contributed by atoms with van der Waals surface area (Å²) in [6.45, 7) is 0. The first-order chi connectivity index (χ1) is 15.4. The Balaban J connectivity index is 0.000000126. The van der Waals surface area contributed by atoms with Gasteiger partial charge in [0.2, 0.25) is 0 Å². The molecule has 0 spiro atoms. The smallest absolute Gasteiger partial charge is 0.135 e. The Hall–Kier alpha value is -3.58. The van der Waals surface area contributed by atoms with Crippen molar-refractivity contribution in [2.24, 2.45) is 0 Å². The van der Waals surface area contributed by atoms with Gasteiger partial charge in [0.25, 0.3) is 0 Å². The molecule has 1 nitrogen and oxygen atoms in total. The molecule has 0 unspecified atom stereocenters. The standard InChI is InChI=1S/C18H16.C12H8O/c1-3-7-15-13(5-1)9-11-18-16-8-4-2-6-14(16)10-12-17(15)18;1-3-7-11-9(5-1)10-6-2-4-8-12(10)13-11/h1,3,5,7,9-12H,2,4,6,8H2;1-8H. The highest BCUT2D eigenvalue weighted by Crippen LogP contribution is 2.33. The van der Waals surface area contributed by atoms with Gasteiger partial charge < -0.3 is 4.42 Å². The molecule has 150 valence electrons. The van der Waals surface area contributed by atoms with E-state index in [9.17, 15) is 0 Å². The second-order valence-corrected chi connectivity index (χ2v) is 8.39. The third-order valence-electron chi connectivity index (χ3n) is 6.54. The van der Waals surface area contributed by atoms with Crippen LogP contribution in [0.5, 0.6) is 0 Å². The van der Waals surface area contributed by atoms with Crippen LogP contribution in [0.3, 0.4) is 0 Å². The summed E-state index contributed by atoms with van der Waals surface area (Å²) >= 11 is 0. The molecule has 0 radical (unpaired) electrons. The normalized spacial score (nSPS) is 13.3. The Labute approximate surface area is 181 Å². The molecular weight excluding hydrogens is 376 g/mol. The Morgan fingerprint density at radius 2 is 1.06 bits per heavy atom. The second-order valence-electron chi connectivity index (χ2n) is 8.39. The van der Waals surface area contributed by atoms with Crippen LogP contribution in [0.1, 0.15) is 24.0 Å². The van der Waals surface area contributed by atoms with Crippen LogP contribution in [0.15, 0.2) is 101 Å². The third kappa shape index (κ3) is 3.18. The van der Waals surface area contributed by atoms with Gasteiger partial charge in [0.05, 0.1) is 0 Å². The summed E-state index contributed by atoms with van der Waals surface area (Å²) in [5.41, 5.74) is 5.10. The van der Waals surface area contributed by atoms with Gasteiger partial charge in [-0.05, 0) is 70.5 Å². The fourth-order valence-electron chi connectivity index (χ4n) is 5.02. The molecule has 0 N–H and O–H groups in total. The second kappa shape index (κ2) is 7.59. The number of benzene rings is 5. The van der Waals surface area contributed by atoms with Crippen LogP contribution in [-0.2, 0) is 12.8 Å². The summed E-state index contributed by atoms with van der Waals surface area (Å²) in [6.07, 6.45) is 5.22. The number of rotatable bonds is 0. The van der Waals surface area contributed by atoms with E-state index in [1.54, 1.807) is 11.1 Å². The van der Waals surface area contributed by atoms with Crippen molar-refractivity contribution >= 4 is 43.5 Å². The maximum atomic E-state index is 5.65. The molecule has 0 fully saturated rings. The van der Waals surface area contributed by atoms with E-state index in [0.717, 1.165) is 11.2 Å². The monoisotopic (exact) mass is 400 g/mol. The Kier molecular flexibility index (Phi) is 4.46. The number of furan rings is 1. The molecule has 7 rings (SSSR count). The fourth-order valence-corrected chi connectivity index (χ4v) is 5.02. The van der Waals surface area contributed by atoms with Crippen molar-refractivity contribution in [1.82, 2.24) is 0 Å². The summed E-state index contributed by atoms with van der Waals surface area (Å²) in [5.74, 6) is 0. The van der Waals surface area contributed by atoms with Crippen molar-refractivity contribution in [3.63, 3.8) is 0 Å². The van der Waals surface area contributed by atoms with Crippen LogP contribution in [0.2, 0.25) is 0 Å². The van der Waals surface area contributed by atoms with Crippen molar-refractivity contribution in [3.05, 3.63) is 108 Å². The number of para-hydroxylation sites is 2. The van der Waals surface area contributed by atoms with Crippen molar-refractivity contribution < 1.29 is 4.42 Å². The zero-order valence-electron chi connectivity index (χ0n) is 17.5. The SMILES string of the molecule is c1ccc2c(c1)ccc1c3c(ccc12)CCCC3.c1ccc2c(c1)oc1ccccc12. The molecule has 0 bridgehead atoms. The predicted octanol–water partition coefficient (Wildman–Crippen LogP) is 8.46. The van der Waals surface area contributed by atoms with Crippen LogP contribution >= 0.6 is 0 Å². The minimum absolute atomic E-state index is 0.962. The van der Waals surface area contributed by atoms with E-state index in [0.29, 0.717) is 0 Å². The van der Waals surface area contributed by atoms with E-state index >= 15 is 0 Å². The van der Waals surface area contributed by atoms with Crippen LogP contribution in [0, 0.1) is 0 Å². The quantitative estimate of drug-likeness (QED) is 0.233. The van der Waals surface area contributed by atoms with Crippen LogP contribution in [-0.4, -0.2) is 0 Å². The molecule has 31 heavy (non-hydrogen) atoms. The highest BCUT2D eigenvalue weighted by atomic mass is 16.3. The molecular formula is C30H24O. The number of hydrogen-bond donors (Lipinski definition) is 0. The van der Waals surface area contributed by atoms with Crippen molar-refractivity contribution in [2.45, 2.75) is 25.7 Å². The number of aryl methyl sites for hydroxylation is 2. The van der Waals surface area contributed by atoms with Crippen LogP contribution in [0.25, 0.3) is 43.5 Å². The van der Waals surface area contributed by atoms with Crippen LogP contribution < -0.4 is 0 Å². The van der Waals surface area contributed by atoms with Gasteiger partial charge in [-0.1, -0.05) is 84.9 Å². The summed E-state index contributed by atoms with van der Waals surface area (Å²) in [4.78, 5) is 0. The average molecular weight is 401 g/mol. The number of fused-ring (bicyclic) bond motifs is 8. The Morgan fingerprint density at radius 3 is 1.84 bits per heavy atom. The molecule has 6 aromatic rings. The van der Waals surface area contributed by atoms with Gasteiger partial charge in [0.15, 0.2) is 0 Å².